The number of pyridine rings is 1. The summed E-state index contributed by atoms with van der Waals surface area (Å²) in [7, 11) is 0. The van der Waals surface area contributed by atoms with Gasteiger partial charge in [-0.1, -0.05) is 23.8 Å². The Morgan fingerprint density at radius 3 is 2.37 bits per heavy atom. The molecule has 1 heterocycles. The third-order valence-corrected chi connectivity index (χ3v) is 3.65. The van der Waals surface area contributed by atoms with Crippen LogP contribution in [-0.4, -0.2) is 17.5 Å². The average Bonchev–Trinajstić information content (AvgIpc) is 2.66. The summed E-state index contributed by atoms with van der Waals surface area (Å²) < 4.78 is 32.7. The first kappa shape index (κ1) is 18.3. The molecule has 0 saturated heterocycles. The van der Waals surface area contributed by atoms with Crippen molar-refractivity contribution < 1.29 is 18.3 Å². The highest BCUT2D eigenvalue weighted by molar-refractivity contribution is 5.91. The van der Waals surface area contributed by atoms with Crippen LogP contribution in [0.2, 0.25) is 0 Å². The van der Waals surface area contributed by atoms with Crippen molar-refractivity contribution in [2.24, 2.45) is 0 Å². The van der Waals surface area contributed by atoms with Crippen molar-refractivity contribution in [3.05, 3.63) is 78.0 Å². The number of anilines is 3. The monoisotopic (exact) mass is 369 g/mol. The zero-order chi connectivity index (χ0) is 19.2. The Morgan fingerprint density at radius 2 is 1.74 bits per heavy atom. The quantitative estimate of drug-likeness (QED) is 0.675. The van der Waals surface area contributed by atoms with Crippen molar-refractivity contribution in [2.45, 2.75) is 6.92 Å². The van der Waals surface area contributed by atoms with Crippen LogP contribution in [-0.2, 0) is 4.79 Å². The highest BCUT2D eigenvalue weighted by atomic mass is 19.1. The number of ether oxygens (including phenoxy) is 1. The molecule has 0 spiro atoms. The molecule has 0 aliphatic rings. The van der Waals surface area contributed by atoms with Crippen LogP contribution in [0.1, 0.15) is 5.56 Å². The first-order valence-corrected chi connectivity index (χ1v) is 8.17. The van der Waals surface area contributed by atoms with Gasteiger partial charge in [0.1, 0.15) is 28.9 Å². The number of carbonyl (C=O) groups is 1. The average molecular weight is 369 g/mol. The third kappa shape index (κ3) is 5.01. The molecule has 7 heteroatoms. The number of nitrogens with one attached hydrogen (secondary N) is 2. The Morgan fingerprint density at radius 1 is 1.04 bits per heavy atom. The Kier molecular flexibility index (Phi) is 5.61. The molecule has 1 amide bonds. The molecule has 1 aromatic heterocycles. The van der Waals surface area contributed by atoms with Crippen molar-refractivity contribution in [1.29, 1.82) is 0 Å². The lowest BCUT2D eigenvalue weighted by Gasteiger charge is -2.10. The molecule has 3 rings (SSSR count). The third-order valence-electron chi connectivity index (χ3n) is 3.65. The van der Waals surface area contributed by atoms with Gasteiger partial charge in [-0.2, -0.15) is 0 Å². The second-order valence-electron chi connectivity index (χ2n) is 5.80. The van der Waals surface area contributed by atoms with E-state index in [0.29, 0.717) is 17.3 Å². The number of aryl methyl sites for hydroxylation is 1. The van der Waals surface area contributed by atoms with E-state index in [2.05, 4.69) is 15.6 Å². The maximum atomic E-state index is 13.6. The molecule has 2 aromatic carbocycles. The van der Waals surface area contributed by atoms with Gasteiger partial charge >= 0.3 is 0 Å². The van der Waals surface area contributed by atoms with Crippen LogP contribution >= 0.6 is 0 Å². The van der Waals surface area contributed by atoms with Crippen LogP contribution in [0.15, 0.2) is 60.8 Å². The molecule has 0 unspecified atom stereocenters. The number of hydrogen-bond acceptors (Lipinski definition) is 4. The minimum absolute atomic E-state index is 0.162. The summed E-state index contributed by atoms with van der Waals surface area (Å²) in [5.41, 5.74) is 1.22. The normalized spacial score (nSPS) is 10.3. The standard InChI is InChI=1S/C20H17F2N3O2/c1-13-5-8-15(9-6-13)27-12-19(26)25-18-10-7-14(11-23-18)24-20-16(21)3-2-4-17(20)22/h2-11,24H,12H2,1H3,(H,23,25,26). The van der Waals surface area contributed by atoms with Gasteiger partial charge in [0.05, 0.1) is 11.9 Å². The zero-order valence-electron chi connectivity index (χ0n) is 14.5. The number of benzene rings is 2. The molecular formula is C20H17F2N3O2. The van der Waals surface area contributed by atoms with Gasteiger partial charge in [0.2, 0.25) is 0 Å². The molecule has 0 atom stereocenters. The highest BCUT2D eigenvalue weighted by Gasteiger charge is 2.09. The van der Waals surface area contributed by atoms with Crippen LogP contribution in [0.25, 0.3) is 0 Å². The van der Waals surface area contributed by atoms with E-state index in [4.69, 9.17) is 4.74 Å². The predicted molar refractivity (Wildman–Crippen MR) is 99.2 cm³/mol. The molecule has 0 radical (unpaired) electrons. The van der Waals surface area contributed by atoms with E-state index in [9.17, 15) is 13.6 Å². The highest BCUT2D eigenvalue weighted by Crippen LogP contribution is 2.23. The first-order chi connectivity index (χ1) is 13.0. The second kappa shape index (κ2) is 8.27. The van der Waals surface area contributed by atoms with Crippen LogP contribution in [0, 0.1) is 18.6 Å². The Balaban J connectivity index is 1.55. The summed E-state index contributed by atoms with van der Waals surface area (Å²) in [6.45, 7) is 1.80. The topological polar surface area (TPSA) is 63.2 Å². The van der Waals surface area contributed by atoms with Crippen molar-refractivity contribution in [3.63, 3.8) is 0 Å². The second-order valence-corrected chi connectivity index (χ2v) is 5.80. The Hall–Kier alpha value is -3.48. The summed E-state index contributed by atoms with van der Waals surface area (Å²) in [6, 6.07) is 14.0. The zero-order valence-corrected chi connectivity index (χ0v) is 14.5. The minimum Gasteiger partial charge on any atom is -0.484 e. The lowest BCUT2D eigenvalue weighted by molar-refractivity contribution is -0.118. The van der Waals surface area contributed by atoms with Gasteiger partial charge in [-0.3, -0.25) is 4.79 Å². The molecule has 138 valence electrons. The molecule has 2 N–H and O–H groups in total. The van der Waals surface area contributed by atoms with E-state index in [1.54, 1.807) is 18.2 Å². The van der Waals surface area contributed by atoms with Gasteiger partial charge < -0.3 is 15.4 Å². The lowest BCUT2D eigenvalue weighted by atomic mass is 10.2. The SMILES string of the molecule is Cc1ccc(OCC(=O)Nc2ccc(Nc3c(F)cccc3F)cn2)cc1. The van der Waals surface area contributed by atoms with E-state index in [0.717, 1.165) is 17.7 Å². The lowest BCUT2D eigenvalue weighted by Crippen LogP contribution is -2.20. The van der Waals surface area contributed by atoms with Crippen molar-refractivity contribution in [3.8, 4) is 5.75 Å². The fourth-order valence-corrected chi connectivity index (χ4v) is 2.27. The largest absolute Gasteiger partial charge is 0.484 e. The van der Waals surface area contributed by atoms with E-state index in [1.807, 2.05) is 19.1 Å². The summed E-state index contributed by atoms with van der Waals surface area (Å²) >= 11 is 0. The van der Waals surface area contributed by atoms with Crippen molar-refractivity contribution in [1.82, 2.24) is 4.98 Å². The van der Waals surface area contributed by atoms with Gasteiger partial charge in [-0.05, 0) is 43.3 Å². The fourth-order valence-electron chi connectivity index (χ4n) is 2.27. The Labute approximate surface area is 155 Å². The number of amides is 1. The summed E-state index contributed by atoms with van der Waals surface area (Å²) in [5.74, 6) is -0.896. The maximum absolute atomic E-state index is 13.6. The smallest absolute Gasteiger partial charge is 0.263 e. The van der Waals surface area contributed by atoms with Gasteiger partial charge in [0.15, 0.2) is 6.61 Å². The number of rotatable bonds is 6. The van der Waals surface area contributed by atoms with Crippen LogP contribution in [0.3, 0.4) is 0 Å². The molecule has 27 heavy (non-hydrogen) atoms. The first-order valence-electron chi connectivity index (χ1n) is 8.17. The van der Waals surface area contributed by atoms with Crippen LogP contribution in [0.4, 0.5) is 26.0 Å². The van der Waals surface area contributed by atoms with Crippen LogP contribution in [0.5, 0.6) is 5.75 Å². The molecular weight excluding hydrogens is 352 g/mol. The summed E-state index contributed by atoms with van der Waals surface area (Å²) in [4.78, 5) is 16.0. The minimum atomic E-state index is -0.708. The number of halogens is 2. The van der Waals surface area contributed by atoms with Gasteiger partial charge in [-0.25, -0.2) is 13.8 Å². The van der Waals surface area contributed by atoms with Gasteiger partial charge in [-0.15, -0.1) is 0 Å². The van der Waals surface area contributed by atoms with Gasteiger partial charge in [0.25, 0.3) is 5.91 Å². The number of carbonyl (C=O) groups excluding carboxylic acids is 1. The molecule has 5 nitrogen and oxygen atoms in total. The fraction of sp³-hybridized carbons (Fsp3) is 0.100. The van der Waals surface area contributed by atoms with Gasteiger partial charge in [0, 0.05) is 0 Å². The number of aromatic nitrogens is 1. The summed E-state index contributed by atoms with van der Waals surface area (Å²) in [6.07, 6.45) is 1.36. The summed E-state index contributed by atoms with van der Waals surface area (Å²) in [5, 5.41) is 5.21. The number of nitrogens with zero attached hydrogens (tertiary/aromatic N) is 1. The van der Waals surface area contributed by atoms with E-state index in [1.165, 1.54) is 18.3 Å². The molecule has 3 aromatic rings. The maximum Gasteiger partial charge on any atom is 0.263 e. The van der Waals surface area contributed by atoms with Crippen molar-refractivity contribution in [2.75, 3.05) is 17.2 Å². The molecule has 0 bridgehead atoms. The van der Waals surface area contributed by atoms with Crippen LogP contribution < -0.4 is 15.4 Å². The molecule has 0 aliphatic heterocycles. The number of para-hydroxylation sites is 1. The van der Waals surface area contributed by atoms with E-state index >= 15 is 0 Å². The Bertz CT molecular complexity index is 909. The van der Waals surface area contributed by atoms with Crippen molar-refractivity contribution >= 4 is 23.1 Å². The van der Waals surface area contributed by atoms with E-state index in [-0.39, 0.29) is 18.2 Å². The molecule has 0 fully saturated rings. The van der Waals surface area contributed by atoms with E-state index < -0.39 is 11.6 Å². The molecule has 0 saturated carbocycles. The predicted octanol–water partition coefficient (Wildman–Crippen LogP) is 4.43. The number of hydrogen-bond donors (Lipinski definition) is 2. The molecule has 0 aliphatic carbocycles.